The Kier molecular flexibility index (Phi) is 5.88. The third-order valence-electron chi connectivity index (χ3n) is 3.74. The zero-order valence-corrected chi connectivity index (χ0v) is 11.4. The van der Waals surface area contributed by atoms with Crippen molar-refractivity contribution in [1.29, 1.82) is 0 Å². The van der Waals surface area contributed by atoms with Gasteiger partial charge >= 0.3 is 0 Å². The first-order chi connectivity index (χ1) is 9.96. The maximum absolute atomic E-state index is 9.85. The van der Waals surface area contributed by atoms with Crippen molar-refractivity contribution in [2.24, 2.45) is 0 Å². The second-order valence-corrected chi connectivity index (χ2v) is 5.32. The Morgan fingerprint density at radius 3 is 2.10 bits per heavy atom. The Morgan fingerprint density at radius 1 is 0.810 bits per heavy atom. The van der Waals surface area contributed by atoms with Crippen molar-refractivity contribution >= 4 is 0 Å². The van der Waals surface area contributed by atoms with Crippen LogP contribution >= 0.6 is 0 Å². The number of rotatable bonds is 4. The van der Waals surface area contributed by atoms with Gasteiger partial charge < -0.3 is 44.8 Å². The number of hydrogen-bond acceptors (Lipinski definition) is 9. The number of hydrogen-bond donors (Lipinski definition) is 6. The number of aliphatic hydroxyl groups excluding tert-OH is 6. The smallest absolute Gasteiger partial charge is 0.184 e. The Morgan fingerprint density at radius 2 is 1.48 bits per heavy atom. The third kappa shape index (κ3) is 3.89. The average molecular weight is 310 g/mol. The van der Waals surface area contributed by atoms with Crippen LogP contribution in [0.15, 0.2) is 0 Å². The van der Waals surface area contributed by atoms with Crippen LogP contribution in [0, 0.1) is 0 Å². The fourth-order valence-electron chi connectivity index (χ4n) is 2.49. The summed E-state index contributed by atoms with van der Waals surface area (Å²) in [5.41, 5.74) is 0. The summed E-state index contributed by atoms with van der Waals surface area (Å²) in [6, 6.07) is 0. The van der Waals surface area contributed by atoms with Crippen LogP contribution in [0.5, 0.6) is 0 Å². The summed E-state index contributed by atoms with van der Waals surface area (Å²) in [6.45, 7) is -0.872. The first kappa shape index (κ1) is 17.0. The van der Waals surface area contributed by atoms with Crippen LogP contribution in [0.3, 0.4) is 0 Å². The molecule has 2 saturated heterocycles. The van der Waals surface area contributed by atoms with E-state index in [2.05, 4.69) is 0 Å². The molecular formula is C12H22O9. The van der Waals surface area contributed by atoms with E-state index in [4.69, 9.17) is 19.3 Å². The van der Waals surface area contributed by atoms with Gasteiger partial charge in [-0.15, -0.1) is 0 Å². The van der Waals surface area contributed by atoms with E-state index >= 15 is 0 Å². The fourth-order valence-corrected chi connectivity index (χ4v) is 2.49. The van der Waals surface area contributed by atoms with Crippen LogP contribution < -0.4 is 0 Å². The Labute approximate surface area is 121 Å². The molecule has 2 aliphatic rings. The lowest BCUT2D eigenvalue weighted by Crippen LogP contribution is -2.55. The molecule has 0 aliphatic carbocycles. The van der Waals surface area contributed by atoms with Crippen molar-refractivity contribution in [3.05, 3.63) is 0 Å². The predicted octanol–water partition coefficient (Wildman–Crippen LogP) is -3.34. The van der Waals surface area contributed by atoms with E-state index in [1.54, 1.807) is 0 Å². The highest BCUT2D eigenvalue weighted by Gasteiger charge is 2.42. The minimum atomic E-state index is -1.41. The van der Waals surface area contributed by atoms with E-state index in [0.717, 1.165) is 0 Å². The first-order valence-corrected chi connectivity index (χ1v) is 6.86. The van der Waals surface area contributed by atoms with E-state index < -0.39 is 62.4 Å². The molecular weight excluding hydrogens is 288 g/mol. The lowest BCUT2D eigenvalue weighted by molar-refractivity contribution is -0.322. The second-order valence-electron chi connectivity index (χ2n) is 5.32. The van der Waals surface area contributed by atoms with Crippen molar-refractivity contribution in [2.75, 3.05) is 13.2 Å². The molecule has 21 heavy (non-hydrogen) atoms. The molecule has 6 N–H and O–H groups in total. The van der Waals surface area contributed by atoms with E-state index in [-0.39, 0.29) is 12.8 Å². The van der Waals surface area contributed by atoms with Crippen molar-refractivity contribution in [1.82, 2.24) is 0 Å². The lowest BCUT2D eigenvalue weighted by atomic mass is 10.0. The first-order valence-electron chi connectivity index (χ1n) is 6.86. The summed E-state index contributed by atoms with van der Waals surface area (Å²) in [7, 11) is 0. The van der Waals surface area contributed by atoms with E-state index in [1.165, 1.54) is 0 Å². The van der Waals surface area contributed by atoms with E-state index in [1.807, 2.05) is 0 Å². The van der Waals surface area contributed by atoms with Crippen molar-refractivity contribution < 1.29 is 44.8 Å². The van der Waals surface area contributed by atoms with Gasteiger partial charge in [0, 0.05) is 12.8 Å². The Bertz CT molecular complexity index is 328. The van der Waals surface area contributed by atoms with Crippen molar-refractivity contribution in [3.8, 4) is 0 Å². The summed E-state index contributed by atoms with van der Waals surface area (Å²) in [6.07, 6.45) is -8.45. The maximum Gasteiger partial charge on any atom is 0.184 e. The summed E-state index contributed by atoms with van der Waals surface area (Å²) >= 11 is 0. The van der Waals surface area contributed by atoms with Gasteiger partial charge in [0.25, 0.3) is 0 Å². The molecule has 0 saturated carbocycles. The van der Waals surface area contributed by atoms with Crippen LogP contribution in [0.25, 0.3) is 0 Å². The van der Waals surface area contributed by atoms with Crippen LogP contribution in [0.1, 0.15) is 12.8 Å². The summed E-state index contributed by atoms with van der Waals surface area (Å²) < 4.78 is 15.8. The molecule has 0 aromatic heterocycles. The molecule has 8 atom stereocenters. The second kappa shape index (κ2) is 7.27. The molecule has 6 unspecified atom stereocenters. The maximum atomic E-state index is 9.85. The summed E-state index contributed by atoms with van der Waals surface area (Å²) in [5.74, 6) is 0. The van der Waals surface area contributed by atoms with E-state index in [0.29, 0.717) is 0 Å². The fraction of sp³-hybridized carbons (Fsp3) is 1.00. The van der Waals surface area contributed by atoms with Gasteiger partial charge in [0.15, 0.2) is 12.6 Å². The quantitative estimate of drug-likeness (QED) is 0.313. The molecule has 124 valence electrons. The zero-order valence-electron chi connectivity index (χ0n) is 11.4. The van der Waals surface area contributed by atoms with Gasteiger partial charge in [-0.05, 0) is 0 Å². The number of ether oxygens (including phenoxy) is 3. The molecule has 2 aliphatic heterocycles. The van der Waals surface area contributed by atoms with Gasteiger partial charge in [-0.3, -0.25) is 0 Å². The molecule has 9 nitrogen and oxygen atoms in total. The van der Waals surface area contributed by atoms with Gasteiger partial charge in [-0.2, -0.15) is 0 Å². The Hall–Kier alpha value is -0.360. The third-order valence-corrected chi connectivity index (χ3v) is 3.74. The monoisotopic (exact) mass is 310 g/mol. The molecule has 2 rings (SSSR count). The largest absolute Gasteiger partial charge is 0.394 e. The normalized spacial score (nSPS) is 48.3. The van der Waals surface area contributed by atoms with Gasteiger partial charge in [0.05, 0.1) is 25.4 Å². The van der Waals surface area contributed by atoms with Crippen LogP contribution in [-0.2, 0) is 14.2 Å². The van der Waals surface area contributed by atoms with Crippen molar-refractivity contribution in [3.63, 3.8) is 0 Å². The Balaban J connectivity index is 1.98. The minimum Gasteiger partial charge on any atom is -0.394 e. The SMILES string of the molecule is OCC1OC(OC2C[C@H](O)C(O)OC2CO)[C@@H](O)CC1O. The average Bonchev–Trinajstić information content (AvgIpc) is 2.45. The zero-order chi connectivity index (χ0) is 15.6. The van der Waals surface area contributed by atoms with Crippen LogP contribution in [0.4, 0.5) is 0 Å². The molecule has 0 aromatic carbocycles. The predicted molar refractivity (Wildman–Crippen MR) is 65.8 cm³/mol. The summed E-state index contributed by atoms with van der Waals surface area (Å²) in [5, 5.41) is 56.7. The van der Waals surface area contributed by atoms with Crippen LogP contribution in [0.2, 0.25) is 0 Å². The van der Waals surface area contributed by atoms with Gasteiger partial charge in [0.1, 0.15) is 24.4 Å². The molecule has 0 radical (unpaired) electrons. The molecule has 0 bridgehead atoms. The van der Waals surface area contributed by atoms with Gasteiger partial charge in [0.2, 0.25) is 0 Å². The standard InChI is InChI=1S/C12H22O9/c13-3-9-5(15)1-7(17)12(21-9)20-8-2-6(16)11(18)19-10(8)4-14/h5-18H,1-4H2/t5?,6-,7-,8?,9?,10?,11?,12?/m0/s1. The molecule has 0 spiro atoms. The molecule has 9 heteroatoms. The van der Waals surface area contributed by atoms with Crippen molar-refractivity contribution in [2.45, 2.75) is 62.0 Å². The molecule has 2 fully saturated rings. The highest BCUT2D eigenvalue weighted by Crippen LogP contribution is 2.27. The number of aliphatic hydroxyl groups is 6. The highest BCUT2D eigenvalue weighted by atomic mass is 16.7. The van der Waals surface area contributed by atoms with Gasteiger partial charge in [-0.25, -0.2) is 0 Å². The lowest BCUT2D eigenvalue weighted by Gasteiger charge is -2.41. The molecule has 0 aromatic rings. The summed E-state index contributed by atoms with van der Waals surface area (Å²) in [4.78, 5) is 0. The molecule has 0 amide bonds. The van der Waals surface area contributed by atoms with Crippen LogP contribution in [-0.4, -0.2) is 93.1 Å². The van der Waals surface area contributed by atoms with E-state index in [9.17, 15) is 25.5 Å². The molecule has 2 heterocycles. The minimum absolute atomic E-state index is 0.00861. The topological polar surface area (TPSA) is 149 Å². The highest BCUT2D eigenvalue weighted by molar-refractivity contribution is 4.85. The van der Waals surface area contributed by atoms with Gasteiger partial charge in [-0.1, -0.05) is 0 Å².